The Morgan fingerprint density at radius 1 is 1.29 bits per heavy atom. The van der Waals surface area contributed by atoms with Crippen LogP contribution in [0, 0.1) is 11.3 Å². The molecule has 9 nitrogen and oxygen atoms in total. The average molecular weight is 438 g/mol. The molecular formula is C21H23N7O2S. The van der Waals surface area contributed by atoms with Crippen molar-refractivity contribution in [2.75, 3.05) is 49.6 Å². The molecule has 1 aromatic carbocycles. The number of piperidine rings is 1. The normalized spacial score (nSPS) is 19.3. The predicted octanol–water partition coefficient (Wildman–Crippen LogP) is 1.92. The number of rotatable bonds is 4. The number of aromatic amines is 1. The van der Waals surface area contributed by atoms with Crippen LogP contribution in [0.15, 0.2) is 23.0 Å². The molecular weight excluding hydrogens is 414 g/mol. The van der Waals surface area contributed by atoms with Gasteiger partial charge in [-0.25, -0.2) is 4.98 Å². The number of fused-ring (bicyclic) bond motifs is 1. The van der Waals surface area contributed by atoms with Crippen molar-refractivity contribution in [2.45, 2.75) is 18.9 Å². The first-order valence-electron chi connectivity index (χ1n) is 10.5. The molecule has 0 spiro atoms. The minimum Gasteiger partial charge on any atom is -0.378 e. The summed E-state index contributed by atoms with van der Waals surface area (Å²) in [5, 5.41) is 16.7. The molecule has 10 heteroatoms. The highest BCUT2D eigenvalue weighted by Crippen LogP contribution is 2.33. The van der Waals surface area contributed by atoms with Gasteiger partial charge in [-0.15, -0.1) is 11.3 Å². The van der Waals surface area contributed by atoms with E-state index in [0.717, 1.165) is 30.6 Å². The number of anilines is 2. The zero-order valence-corrected chi connectivity index (χ0v) is 17.8. The van der Waals surface area contributed by atoms with E-state index < -0.39 is 0 Å². The van der Waals surface area contributed by atoms with Crippen LogP contribution in [0.3, 0.4) is 0 Å². The van der Waals surface area contributed by atoms with Gasteiger partial charge in [0.15, 0.2) is 0 Å². The number of ether oxygens (including phenoxy) is 1. The quantitative estimate of drug-likeness (QED) is 0.566. The summed E-state index contributed by atoms with van der Waals surface area (Å²) in [7, 11) is 0. The molecule has 5 rings (SSSR count). The van der Waals surface area contributed by atoms with Crippen molar-refractivity contribution < 1.29 is 4.74 Å². The number of hydrogen-bond donors (Lipinski definition) is 3. The molecule has 2 aliphatic rings. The molecule has 0 unspecified atom stereocenters. The Bertz CT molecular complexity index is 1190. The van der Waals surface area contributed by atoms with E-state index in [1.54, 1.807) is 12.1 Å². The fourth-order valence-electron chi connectivity index (χ4n) is 3.96. The number of morpholine rings is 1. The Balaban J connectivity index is 1.59. The summed E-state index contributed by atoms with van der Waals surface area (Å²) in [5.74, 6) is 1.11. The van der Waals surface area contributed by atoms with Gasteiger partial charge >= 0.3 is 0 Å². The molecule has 2 aromatic heterocycles. The lowest BCUT2D eigenvalue weighted by atomic mass is 10.1. The van der Waals surface area contributed by atoms with Gasteiger partial charge in [0.25, 0.3) is 5.56 Å². The lowest BCUT2D eigenvalue weighted by Gasteiger charge is -2.29. The summed E-state index contributed by atoms with van der Waals surface area (Å²) in [6, 6.07) is 7.72. The minimum atomic E-state index is -0.220. The summed E-state index contributed by atoms with van der Waals surface area (Å²) < 4.78 is 6.36. The molecule has 2 aliphatic heterocycles. The fourth-order valence-corrected chi connectivity index (χ4v) is 4.95. The van der Waals surface area contributed by atoms with E-state index in [1.165, 1.54) is 11.3 Å². The smallest absolute Gasteiger partial charge is 0.264 e. The standard InChI is InChI=1S/C21H23N7O2S/c22-11-13-3-4-16-15(10-13)25-20(31-16)17-18(24-14-2-1-5-23-12-14)26-21(27-19(17)29)28-6-8-30-9-7-28/h3-4,10,14,23H,1-2,5-9,12H2,(H2,24,26,27,29)/t14-/m1/s1. The number of nitrogens with one attached hydrogen (secondary N) is 3. The summed E-state index contributed by atoms with van der Waals surface area (Å²) in [6.07, 6.45) is 2.09. The summed E-state index contributed by atoms with van der Waals surface area (Å²) >= 11 is 1.43. The number of nitrogens with zero attached hydrogens (tertiary/aromatic N) is 4. The van der Waals surface area contributed by atoms with Crippen LogP contribution < -0.4 is 21.1 Å². The number of thiazole rings is 1. The third-order valence-corrected chi connectivity index (χ3v) is 6.64. The second-order valence-electron chi connectivity index (χ2n) is 7.71. The van der Waals surface area contributed by atoms with Crippen molar-refractivity contribution in [3.8, 4) is 16.6 Å². The van der Waals surface area contributed by atoms with Gasteiger partial charge in [0.05, 0.1) is 35.1 Å². The number of nitriles is 1. The number of benzene rings is 1. The molecule has 2 fully saturated rings. The molecule has 4 heterocycles. The highest BCUT2D eigenvalue weighted by molar-refractivity contribution is 7.21. The summed E-state index contributed by atoms with van der Waals surface area (Å²) in [6.45, 7) is 4.42. The molecule has 31 heavy (non-hydrogen) atoms. The van der Waals surface area contributed by atoms with Gasteiger partial charge in [0.2, 0.25) is 5.95 Å². The van der Waals surface area contributed by atoms with E-state index in [2.05, 4.69) is 26.7 Å². The second kappa shape index (κ2) is 8.63. The summed E-state index contributed by atoms with van der Waals surface area (Å²) in [4.78, 5) is 27.7. The van der Waals surface area contributed by atoms with E-state index in [-0.39, 0.29) is 11.6 Å². The highest BCUT2D eigenvalue weighted by Gasteiger charge is 2.23. The molecule has 0 bridgehead atoms. The van der Waals surface area contributed by atoms with Crippen LogP contribution in [-0.4, -0.2) is 60.4 Å². The van der Waals surface area contributed by atoms with Gasteiger partial charge in [-0.3, -0.25) is 9.78 Å². The van der Waals surface area contributed by atoms with Crippen LogP contribution in [0.25, 0.3) is 20.8 Å². The van der Waals surface area contributed by atoms with Crippen molar-refractivity contribution in [1.29, 1.82) is 5.26 Å². The topological polar surface area (TPSA) is 119 Å². The average Bonchev–Trinajstić information content (AvgIpc) is 3.22. The number of H-pyrrole nitrogens is 1. The van der Waals surface area contributed by atoms with Crippen molar-refractivity contribution in [1.82, 2.24) is 20.3 Å². The predicted molar refractivity (Wildman–Crippen MR) is 121 cm³/mol. The Hall–Kier alpha value is -3.00. The van der Waals surface area contributed by atoms with E-state index in [1.807, 2.05) is 11.0 Å². The molecule has 3 aromatic rings. The molecule has 3 N–H and O–H groups in total. The van der Waals surface area contributed by atoms with Crippen LogP contribution in [0.5, 0.6) is 0 Å². The zero-order valence-electron chi connectivity index (χ0n) is 17.0. The van der Waals surface area contributed by atoms with E-state index in [9.17, 15) is 10.1 Å². The second-order valence-corrected chi connectivity index (χ2v) is 8.74. The van der Waals surface area contributed by atoms with Gasteiger partial charge in [0.1, 0.15) is 16.4 Å². The van der Waals surface area contributed by atoms with Gasteiger partial charge in [-0.1, -0.05) is 0 Å². The first-order valence-corrected chi connectivity index (χ1v) is 11.3. The van der Waals surface area contributed by atoms with Gasteiger partial charge < -0.3 is 20.3 Å². The van der Waals surface area contributed by atoms with Crippen LogP contribution in [0.1, 0.15) is 18.4 Å². The van der Waals surface area contributed by atoms with Crippen LogP contribution in [0.2, 0.25) is 0 Å². The van der Waals surface area contributed by atoms with Crippen LogP contribution >= 0.6 is 11.3 Å². The maximum atomic E-state index is 13.3. The van der Waals surface area contributed by atoms with Gasteiger partial charge in [-0.05, 0) is 37.6 Å². The fraction of sp³-hybridized carbons (Fsp3) is 0.429. The first kappa shape index (κ1) is 19.9. The third kappa shape index (κ3) is 4.12. The van der Waals surface area contributed by atoms with Gasteiger partial charge in [0, 0.05) is 25.7 Å². The molecule has 0 radical (unpaired) electrons. The maximum Gasteiger partial charge on any atom is 0.264 e. The van der Waals surface area contributed by atoms with Crippen molar-refractivity contribution in [3.63, 3.8) is 0 Å². The van der Waals surface area contributed by atoms with E-state index in [0.29, 0.717) is 59.7 Å². The maximum absolute atomic E-state index is 13.3. The van der Waals surface area contributed by atoms with Crippen LogP contribution in [0.4, 0.5) is 11.8 Å². The van der Waals surface area contributed by atoms with E-state index >= 15 is 0 Å². The monoisotopic (exact) mass is 437 g/mol. The first-order chi connectivity index (χ1) is 15.2. The summed E-state index contributed by atoms with van der Waals surface area (Å²) in [5.41, 5.74) is 1.48. The molecule has 160 valence electrons. The molecule has 0 saturated carbocycles. The van der Waals surface area contributed by atoms with E-state index in [4.69, 9.17) is 9.72 Å². The zero-order chi connectivity index (χ0) is 21.2. The SMILES string of the molecule is N#Cc1ccc2sc(-c3c(N[C@@H]4CCCNC4)nc(N4CCOCC4)[nH]c3=O)nc2c1. The number of hydrogen-bond acceptors (Lipinski definition) is 9. The Kier molecular flexibility index (Phi) is 5.55. The van der Waals surface area contributed by atoms with Crippen molar-refractivity contribution in [2.24, 2.45) is 0 Å². The van der Waals surface area contributed by atoms with Crippen LogP contribution in [-0.2, 0) is 4.74 Å². The largest absolute Gasteiger partial charge is 0.378 e. The van der Waals surface area contributed by atoms with Gasteiger partial charge in [-0.2, -0.15) is 10.2 Å². The highest BCUT2D eigenvalue weighted by atomic mass is 32.1. The Morgan fingerprint density at radius 2 is 2.16 bits per heavy atom. The number of aromatic nitrogens is 3. The Morgan fingerprint density at radius 3 is 2.94 bits per heavy atom. The lowest BCUT2D eigenvalue weighted by Crippen LogP contribution is -2.40. The Labute approximate surface area is 183 Å². The molecule has 0 aliphatic carbocycles. The molecule has 1 atom stereocenters. The lowest BCUT2D eigenvalue weighted by molar-refractivity contribution is 0.122. The van der Waals surface area contributed by atoms with Crippen molar-refractivity contribution in [3.05, 3.63) is 34.1 Å². The molecule has 0 amide bonds. The van der Waals surface area contributed by atoms with Crippen molar-refractivity contribution >= 4 is 33.3 Å². The third-order valence-electron chi connectivity index (χ3n) is 5.59. The minimum absolute atomic E-state index is 0.193. The molecule has 2 saturated heterocycles.